The average molecular weight is 356 g/mol. The van der Waals surface area contributed by atoms with Crippen LogP contribution < -0.4 is 9.64 Å². The zero-order valence-electron chi connectivity index (χ0n) is 14.9. The fourth-order valence-electron chi connectivity index (χ4n) is 3.45. The van der Waals surface area contributed by atoms with E-state index in [-0.39, 0.29) is 5.75 Å². The quantitative estimate of drug-likeness (QED) is 0.774. The first-order valence-electron chi connectivity index (χ1n) is 8.84. The zero-order valence-corrected chi connectivity index (χ0v) is 14.9. The van der Waals surface area contributed by atoms with Crippen molar-refractivity contribution in [2.75, 3.05) is 25.1 Å². The van der Waals surface area contributed by atoms with Crippen molar-refractivity contribution in [2.24, 2.45) is 0 Å². The number of aromatic nitrogens is 5. The van der Waals surface area contributed by atoms with Crippen molar-refractivity contribution in [1.82, 2.24) is 25.1 Å². The molecule has 3 aromatic rings. The van der Waals surface area contributed by atoms with Crippen molar-refractivity contribution in [1.29, 1.82) is 0 Å². The van der Waals surface area contributed by atoms with Gasteiger partial charge in [-0.05, 0) is 18.9 Å². The lowest BCUT2D eigenvalue weighted by Gasteiger charge is -2.32. The van der Waals surface area contributed by atoms with Crippen LogP contribution in [0.15, 0.2) is 18.5 Å². The number of nitrogens with zero attached hydrogens (tertiary/aromatic N) is 5. The number of H-pyrrole nitrogens is 1. The molecule has 0 atom stereocenters. The van der Waals surface area contributed by atoms with Crippen molar-refractivity contribution in [3.05, 3.63) is 35.9 Å². The van der Waals surface area contributed by atoms with Crippen LogP contribution in [0.5, 0.6) is 5.75 Å². The monoisotopic (exact) mass is 356 g/mol. The summed E-state index contributed by atoms with van der Waals surface area (Å²) in [6.45, 7) is 3.74. The summed E-state index contributed by atoms with van der Waals surface area (Å²) < 4.78 is 19.1. The smallest absolute Gasteiger partial charge is 0.167 e. The first kappa shape index (κ1) is 16.7. The Bertz CT molecular complexity index is 919. The summed E-state index contributed by atoms with van der Waals surface area (Å²) in [6, 6.07) is 3.07. The number of halogens is 1. The Balaban J connectivity index is 1.57. The van der Waals surface area contributed by atoms with Gasteiger partial charge < -0.3 is 9.64 Å². The summed E-state index contributed by atoms with van der Waals surface area (Å²) >= 11 is 0. The molecule has 0 radical (unpaired) electrons. The van der Waals surface area contributed by atoms with E-state index in [2.05, 4.69) is 37.0 Å². The number of aryl methyl sites for hydroxylation is 1. The van der Waals surface area contributed by atoms with Gasteiger partial charge in [-0.25, -0.2) is 19.3 Å². The Hall–Kier alpha value is -2.77. The van der Waals surface area contributed by atoms with E-state index in [0.29, 0.717) is 11.4 Å². The highest BCUT2D eigenvalue weighted by atomic mass is 19.1. The molecule has 2 aromatic heterocycles. The van der Waals surface area contributed by atoms with Crippen molar-refractivity contribution in [2.45, 2.75) is 32.1 Å². The molecule has 1 aromatic carbocycles. The molecule has 4 rings (SSSR count). The Labute approximate surface area is 150 Å². The lowest BCUT2D eigenvalue weighted by atomic mass is 9.96. The van der Waals surface area contributed by atoms with Gasteiger partial charge in [-0.1, -0.05) is 6.92 Å². The third-order valence-corrected chi connectivity index (χ3v) is 4.93. The molecule has 0 unspecified atom stereocenters. The Morgan fingerprint density at radius 2 is 2.08 bits per heavy atom. The van der Waals surface area contributed by atoms with Crippen LogP contribution in [0.25, 0.3) is 10.9 Å². The van der Waals surface area contributed by atoms with E-state index in [9.17, 15) is 4.39 Å². The molecule has 7 nitrogen and oxygen atoms in total. The van der Waals surface area contributed by atoms with E-state index < -0.39 is 5.82 Å². The lowest BCUT2D eigenvalue weighted by Crippen LogP contribution is -2.34. The van der Waals surface area contributed by atoms with Crippen LogP contribution in [0.4, 0.5) is 10.2 Å². The van der Waals surface area contributed by atoms with Crippen molar-refractivity contribution < 1.29 is 9.13 Å². The van der Waals surface area contributed by atoms with Crippen LogP contribution in [0.2, 0.25) is 0 Å². The van der Waals surface area contributed by atoms with E-state index in [1.165, 1.54) is 19.5 Å². The summed E-state index contributed by atoms with van der Waals surface area (Å²) in [5.74, 6) is 2.78. The fraction of sp³-hybridized carbons (Fsp3) is 0.444. The largest absolute Gasteiger partial charge is 0.494 e. The number of aromatic amines is 1. The molecule has 3 heterocycles. The number of rotatable bonds is 4. The van der Waals surface area contributed by atoms with E-state index in [1.807, 2.05) is 0 Å². The summed E-state index contributed by atoms with van der Waals surface area (Å²) in [6.07, 6.45) is 4.24. The van der Waals surface area contributed by atoms with Crippen LogP contribution in [0.1, 0.15) is 37.3 Å². The van der Waals surface area contributed by atoms with Gasteiger partial charge in [0.05, 0.1) is 12.6 Å². The Morgan fingerprint density at radius 3 is 2.77 bits per heavy atom. The molecule has 1 N–H and O–H groups in total. The fourth-order valence-corrected chi connectivity index (χ4v) is 3.45. The summed E-state index contributed by atoms with van der Waals surface area (Å²) in [7, 11) is 1.46. The van der Waals surface area contributed by atoms with Crippen LogP contribution in [0.3, 0.4) is 0 Å². The van der Waals surface area contributed by atoms with E-state index in [1.54, 1.807) is 6.07 Å². The minimum Gasteiger partial charge on any atom is -0.494 e. The van der Waals surface area contributed by atoms with Gasteiger partial charge in [0.15, 0.2) is 17.4 Å². The third-order valence-electron chi connectivity index (χ3n) is 4.93. The molecule has 0 spiro atoms. The van der Waals surface area contributed by atoms with E-state index in [0.717, 1.165) is 55.2 Å². The number of hydrogen-bond donors (Lipinski definition) is 1. The second-order valence-corrected chi connectivity index (χ2v) is 6.46. The number of benzene rings is 1. The Morgan fingerprint density at radius 1 is 1.27 bits per heavy atom. The van der Waals surface area contributed by atoms with Gasteiger partial charge in [-0.15, -0.1) is 0 Å². The molecular formula is C18H21FN6O. The van der Waals surface area contributed by atoms with Crippen LogP contribution >= 0.6 is 0 Å². The van der Waals surface area contributed by atoms with Crippen LogP contribution in [-0.2, 0) is 6.42 Å². The normalized spacial score (nSPS) is 15.6. The molecule has 0 aliphatic carbocycles. The van der Waals surface area contributed by atoms with Crippen molar-refractivity contribution in [3.63, 3.8) is 0 Å². The van der Waals surface area contributed by atoms with Gasteiger partial charge in [0, 0.05) is 36.9 Å². The first-order valence-corrected chi connectivity index (χ1v) is 8.84. The molecule has 1 aliphatic rings. The Kier molecular flexibility index (Phi) is 4.40. The SMILES string of the molecule is CCc1nc(C2CCN(c3ncnc4cc(F)c(OC)cc34)CC2)n[nH]1. The second kappa shape index (κ2) is 6.86. The van der Waals surface area contributed by atoms with Gasteiger partial charge in [0.2, 0.25) is 0 Å². The molecule has 0 bridgehead atoms. The standard InChI is InChI=1S/C18H21FN6O/c1-3-16-22-17(24-23-16)11-4-6-25(7-5-11)18-12-8-15(26-2)13(19)9-14(12)20-10-21-18/h8-11H,3-7H2,1-2H3,(H,22,23,24). The first-order chi connectivity index (χ1) is 12.7. The second-order valence-electron chi connectivity index (χ2n) is 6.46. The number of anilines is 1. The predicted molar refractivity (Wildman–Crippen MR) is 96.0 cm³/mol. The van der Waals surface area contributed by atoms with Gasteiger partial charge in [-0.2, -0.15) is 5.10 Å². The molecule has 1 aliphatic heterocycles. The number of piperidine rings is 1. The van der Waals surface area contributed by atoms with E-state index in [4.69, 9.17) is 4.74 Å². The number of methoxy groups -OCH3 is 1. The number of ether oxygens (including phenoxy) is 1. The molecule has 0 saturated carbocycles. The molecule has 136 valence electrons. The molecule has 1 fully saturated rings. The maximum absolute atomic E-state index is 13.9. The minimum atomic E-state index is -0.417. The third kappa shape index (κ3) is 2.95. The zero-order chi connectivity index (χ0) is 18.1. The van der Waals surface area contributed by atoms with Crippen molar-refractivity contribution in [3.8, 4) is 5.75 Å². The highest BCUT2D eigenvalue weighted by molar-refractivity contribution is 5.90. The lowest BCUT2D eigenvalue weighted by molar-refractivity contribution is 0.387. The molecule has 0 amide bonds. The summed E-state index contributed by atoms with van der Waals surface area (Å²) in [5, 5.41) is 8.15. The molecule has 26 heavy (non-hydrogen) atoms. The number of fused-ring (bicyclic) bond motifs is 1. The maximum Gasteiger partial charge on any atom is 0.167 e. The van der Waals surface area contributed by atoms with Gasteiger partial charge in [0.1, 0.15) is 18.0 Å². The van der Waals surface area contributed by atoms with Gasteiger partial charge in [-0.3, -0.25) is 5.10 Å². The number of nitrogens with one attached hydrogen (secondary N) is 1. The highest BCUT2D eigenvalue weighted by Crippen LogP contribution is 2.33. The topological polar surface area (TPSA) is 79.8 Å². The average Bonchev–Trinajstić information content (AvgIpc) is 3.16. The van der Waals surface area contributed by atoms with Crippen LogP contribution in [0, 0.1) is 5.82 Å². The molecular weight excluding hydrogens is 335 g/mol. The van der Waals surface area contributed by atoms with E-state index >= 15 is 0 Å². The predicted octanol–water partition coefficient (Wildman–Crippen LogP) is 2.84. The maximum atomic E-state index is 13.9. The molecule has 1 saturated heterocycles. The minimum absolute atomic E-state index is 0.205. The van der Waals surface area contributed by atoms with Crippen molar-refractivity contribution >= 4 is 16.7 Å². The highest BCUT2D eigenvalue weighted by Gasteiger charge is 2.25. The number of hydrogen-bond acceptors (Lipinski definition) is 6. The van der Waals surface area contributed by atoms with Gasteiger partial charge in [0.25, 0.3) is 0 Å². The van der Waals surface area contributed by atoms with Crippen LogP contribution in [-0.4, -0.2) is 45.3 Å². The summed E-state index contributed by atoms with van der Waals surface area (Å²) in [4.78, 5) is 15.4. The molecule has 8 heteroatoms. The summed E-state index contributed by atoms with van der Waals surface area (Å²) in [5.41, 5.74) is 0.581. The van der Waals surface area contributed by atoms with Gasteiger partial charge >= 0.3 is 0 Å².